The van der Waals surface area contributed by atoms with Gasteiger partial charge in [0.1, 0.15) is 5.75 Å². The maximum Gasteiger partial charge on any atom is 0.337 e. The number of nitrogens with one attached hydrogen (secondary N) is 1. The van der Waals surface area contributed by atoms with Crippen molar-refractivity contribution in [1.29, 1.82) is 0 Å². The summed E-state index contributed by atoms with van der Waals surface area (Å²) < 4.78 is 12.3. The van der Waals surface area contributed by atoms with Crippen LogP contribution in [0, 0.1) is 0 Å². The van der Waals surface area contributed by atoms with E-state index in [4.69, 9.17) is 21.7 Å². The molecule has 2 unspecified atom stereocenters. The van der Waals surface area contributed by atoms with Gasteiger partial charge in [-0.1, -0.05) is 24.3 Å². The molecule has 2 aromatic carbocycles. The zero-order valence-electron chi connectivity index (χ0n) is 20.0. The third-order valence-electron chi connectivity index (χ3n) is 6.34. The lowest BCUT2D eigenvalue weighted by Gasteiger charge is -2.29. The average Bonchev–Trinajstić information content (AvgIpc) is 3.53. The van der Waals surface area contributed by atoms with Crippen LogP contribution in [0.5, 0.6) is 5.75 Å². The Bertz CT molecular complexity index is 1370. The van der Waals surface area contributed by atoms with Crippen LogP contribution in [0.3, 0.4) is 0 Å². The van der Waals surface area contributed by atoms with Crippen molar-refractivity contribution < 1.29 is 14.3 Å². The molecule has 1 aliphatic heterocycles. The Morgan fingerprint density at radius 2 is 1.86 bits per heavy atom. The van der Waals surface area contributed by atoms with Crippen molar-refractivity contribution in [2.45, 2.75) is 18.6 Å². The molecule has 2 atom stereocenters. The molecule has 1 fully saturated rings. The molecule has 1 saturated heterocycles. The van der Waals surface area contributed by atoms with Crippen molar-refractivity contribution in [3.63, 3.8) is 0 Å². The fourth-order valence-electron chi connectivity index (χ4n) is 4.60. The molecule has 1 aliphatic rings. The van der Waals surface area contributed by atoms with Crippen molar-refractivity contribution in [3.05, 3.63) is 114 Å². The van der Waals surface area contributed by atoms with E-state index in [9.17, 15) is 4.79 Å². The summed E-state index contributed by atoms with van der Waals surface area (Å²) >= 11 is 5.84. The predicted octanol–water partition coefficient (Wildman–Crippen LogP) is 4.84. The quantitative estimate of drug-likeness (QED) is 0.289. The van der Waals surface area contributed by atoms with Crippen molar-refractivity contribution in [3.8, 4) is 11.4 Å². The van der Waals surface area contributed by atoms with Gasteiger partial charge in [-0.3, -0.25) is 4.98 Å². The zero-order valence-corrected chi connectivity index (χ0v) is 20.8. The van der Waals surface area contributed by atoms with Crippen LogP contribution < -0.4 is 10.1 Å². The molecule has 1 N–H and O–H groups in total. The molecule has 3 heterocycles. The normalized spacial score (nSPS) is 17.1. The van der Waals surface area contributed by atoms with Gasteiger partial charge >= 0.3 is 5.97 Å². The third-order valence-corrected chi connectivity index (χ3v) is 6.69. The molecular weight excluding hydrogens is 472 g/mol. The maximum atomic E-state index is 12.2. The second-order valence-corrected chi connectivity index (χ2v) is 8.83. The summed E-state index contributed by atoms with van der Waals surface area (Å²) in [5.41, 5.74) is 4.38. The van der Waals surface area contributed by atoms with E-state index in [0.717, 1.165) is 28.4 Å². The Kier molecular flexibility index (Phi) is 6.69. The summed E-state index contributed by atoms with van der Waals surface area (Å²) in [7, 11) is 3.04. The molecule has 0 bridgehead atoms. The van der Waals surface area contributed by atoms with Crippen LogP contribution in [0.4, 0.5) is 0 Å². The number of methoxy groups -OCH3 is 2. The highest BCUT2D eigenvalue weighted by Gasteiger charge is 2.41. The number of rotatable bonds is 7. The van der Waals surface area contributed by atoms with E-state index in [1.807, 2.05) is 72.9 Å². The largest absolute Gasteiger partial charge is 0.497 e. The lowest BCUT2D eigenvalue weighted by Crippen LogP contribution is -2.30. The van der Waals surface area contributed by atoms with Gasteiger partial charge in [0.05, 0.1) is 37.6 Å². The molecular formula is C28H26N4O3S. The maximum absolute atomic E-state index is 12.2. The summed E-state index contributed by atoms with van der Waals surface area (Å²) in [6, 6.07) is 25.1. The van der Waals surface area contributed by atoms with Gasteiger partial charge in [-0.15, -0.1) is 0 Å². The van der Waals surface area contributed by atoms with Crippen LogP contribution in [-0.4, -0.2) is 39.8 Å². The van der Waals surface area contributed by atoms with E-state index < -0.39 is 0 Å². The monoisotopic (exact) mass is 498 g/mol. The molecule has 8 heteroatoms. The number of ether oxygens (including phenoxy) is 2. The van der Waals surface area contributed by atoms with Gasteiger partial charge in [-0.2, -0.15) is 0 Å². The van der Waals surface area contributed by atoms with Crippen LogP contribution in [0.25, 0.3) is 5.69 Å². The number of benzene rings is 2. The van der Waals surface area contributed by atoms with E-state index in [2.05, 4.69) is 25.8 Å². The minimum atomic E-state index is -0.373. The van der Waals surface area contributed by atoms with Gasteiger partial charge in [0, 0.05) is 30.3 Å². The van der Waals surface area contributed by atoms with Gasteiger partial charge in [0.15, 0.2) is 5.11 Å². The molecule has 0 aliphatic carbocycles. The number of carbonyl (C=O) groups excluding carboxylic acids is 1. The molecule has 5 rings (SSSR count). The van der Waals surface area contributed by atoms with Crippen LogP contribution in [0.15, 0.2) is 91.3 Å². The molecule has 0 radical (unpaired) electrons. The van der Waals surface area contributed by atoms with Gasteiger partial charge in [-0.25, -0.2) is 4.79 Å². The second kappa shape index (κ2) is 10.2. The van der Waals surface area contributed by atoms with E-state index in [1.54, 1.807) is 19.4 Å². The van der Waals surface area contributed by atoms with Gasteiger partial charge in [0.25, 0.3) is 0 Å². The number of pyridine rings is 1. The molecule has 0 spiro atoms. The number of hydrogen-bond acceptors (Lipinski definition) is 5. The second-order valence-electron chi connectivity index (χ2n) is 8.45. The average molecular weight is 499 g/mol. The Labute approximate surface area is 215 Å². The highest BCUT2D eigenvalue weighted by molar-refractivity contribution is 7.80. The topological polar surface area (TPSA) is 68.6 Å². The summed E-state index contributed by atoms with van der Waals surface area (Å²) in [6.07, 6.45) is 3.79. The molecule has 182 valence electrons. The Balaban J connectivity index is 1.57. The number of hydrogen-bond donors (Lipinski definition) is 1. The first-order chi connectivity index (χ1) is 17.6. The minimum Gasteiger partial charge on any atom is -0.497 e. The first-order valence-electron chi connectivity index (χ1n) is 11.6. The van der Waals surface area contributed by atoms with E-state index in [-0.39, 0.29) is 18.1 Å². The number of aromatic nitrogens is 2. The zero-order chi connectivity index (χ0) is 25.1. The van der Waals surface area contributed by atoms with Gasteiger partial charge in [-0.05, 0) is 72.4 Å². The SMILES string of the molecule is COC(=O)c1cccc(-n2cccc2C2C(c3ccccn3)NC(=S)N2Cc2ccc(OC)cc2)c1. The Morgan fingerprint density at radius 3 is 2.58 bits per heavy atom. The lowest BCUT2D eigenvalue weighted by atomic mass is 10.0. The van der Waals surface area contributed by atoms with Crippen LogP contribution in [-0.2, 0) is 11.3 Å². The standard InChI is InChI=1S/C28H26N4O3S/c1-34-22-13-11-19(12-14-22)18-32-26(25(30-28(32)36)23-9-3-4-15-29-23)24-10-6-16-31(24)21-8-5-7-20(17-21)27(33)35-2/h3-17,25-26H,18H2,1-2H3,(H,30,36). The molecule has 36 heavy (non-hydrogen) atoms. The number of carbonyl (C=O) groups is 1. The van der Waals surface area contributed by atoms with E-state index >= 15 is 0 Å². The first-order valence-corrected chi connectivity index (χ1v) is 12.0. The van der Waals surface area contributed by atoms with Crippen LogP contribution in [0.1, 0.15) is 39.4 Å². The summed E-state index contributed by atoms with van der Waals surface area (Å²) in [4.78, 5) is 19.0. The smallest absolute Gasteiger partial charge is 0.337 e. The van der Waals surface area contributed by atoms with Crippen LogP contribution >= 0.6 is 12.2 Å². The molecule has 0 amide bonds. The Morgan fingerprint density at radius 1 is 1.03 bits per heavy atom. The van der Waals surface area contributed by atoms with Crippen LogP contribution in [0.2, 0.25) is 0 Å². The molecule has 4 aromatic rings. The highest BCUT2D eigenvalue weighted by atomic mass is 32.1. The third kappa shape index (κ3) is 4.55. The predicted molar refractivity (Wildman–Crippen MR) is 141 cm³/mol. The fourth-order valence-corrected chi connectivity index (χ4v) is 4.90. The number of nitrogens with zero attached hydrogens (tertiary/aromatic N) is 3. The van der Waals surface area contributed by atoms with Gasteiger partial charge in [0.2, 0.25) is 0 Å². The first kappa shape index (κ1) is 23.6. The molecule has 0 saturated carbocycles. The number of thiocarbonyl (C=S) groups is 1. The van der Waals surface area contributed by atoms with Crippen molar-refractivity contribution in [1.82, 2.24) is 19.8 Å². The summed E-state index contributed by atoms with van der Waals surface area (Å²) in [5.74, 6) is 0.435. The number of esters is 1. The van der Waals surface area contributed by atoms with Crippen molar-refractivity contribution in [2.24, 2.45) is 0 Å². The summed E-state index contributed by atoms with van der Waals surface area (Å²) in [6.45, 7) is 0.608. The Hall–Kier alpha value is -4.17. The molecule has 7 nitrogen and oxygen atoms in total. The minimum absolute atomic E-state index is 0.147. The summed E-state index contributed by atoms with van der Waals surface area (Å²) in [5, 5.41) is 4.16. The fraction of sp³-hybridized carbons (Fsp3) is 0.179. The van der Waals surface area contributed by atoms with Crippen molar-refractivity contribution >= 4 is 23.3 Å². The highest BCUT2D eigenvalue weighted by Crippen LogP contribution is 2.40. The van der Waals surface area contributed by atoms with Crippen molar-refractivity contribution in [2.75, 3.05) is 14.2 Å². The lowest BCUT2D eigenvalue weighted by molar-refractivity contribution is 0.0600. The molecule has 2 aromatic heterocycles. The van der Waals surface area contributed by atoms with E-state index in [0.29, 0.717) is 17.2 Å². The van der Waals surface area contributed by atoms with Gasteiger partial charge < -0.3 is 24.3 Å². The van der Waals surface area contributed by atoms with E-state index in [1.165, 1.54) is 7.11 Å².